The summed E-state index contributed by atoms with van der Waals surface area (Å²) in [5.74, 6) is 0. The molecule has 17 heavy (non-hydrogen) atoms. The van der Waals surface area contributed by atoms with E-state index < -0.39 is 6.65 Å². The van der Waals surface area contributed by atoms with Crippen LogP contribution in [-0.4, -0.2) is 0 Å². The van der Waals surface area contributed by atoms with Crippen molar-refractivity contribution in [1.29, 1.82) is 0 Å². The first-order chi connectivity index (χ1) is 8.15. The fourth-order valence-corrected chi connectivity index (χ4v) is 112. The van der Waals surface area contributed by atoms with Gasteiger partial charge in [0.15, 0.2) is 0 Å². The van der Waals surface area contributed by atoms with Crippen molar-refractivity contribution in [1.82, 2.24) is 0 Å². The zero-order chi connectivity index (χ0) is 10.1. The van der Waals surface area contributed by atoms with Crippen LogP contribution in [0.15, 0.2) is 30.3 Å². The quantitative estimate of drug-likeness (QED) is 0.696. The Bertz CT molecular complexity index is 1020. The molecule has 1 spiro atoms. The Balaban J connectivity index is 1.66. The minimum absolute atomic E-state index is 0.999. The first kappa shape index (κ1) is 5.81. The van der Waals surface area contributed by atoms with Gasteiger partial charge in [0, 0.05) is 0 Å². The number of benzene rings is 1. The monoisotopic (exact) mass is 258 g/mol. The van der Waals surface area contributed by atoms with Gasteiger partial charge in [-0.3, -0.25) is 0 Å². The molecule has 10 heterocycles. The Morgan fingerprint density at radius 1 is 0.706 bits per heavy atom. The van der Waals surface area contributed by atoms with E-state index in [1.807, 2.05) is 5.56 Å². The van der Waals surface area contributed by atoms with E-state index in [-0.39, 0.29) is 0 Å². The third-order valence-electron chi connectivity index (χ3n) is 18.0. The molecular formula is C16H14Cr. The number of hydrogen-bond donors (Lipinski definition) is 0. The van der Waals surface area contributed by atoms with Crippen molar-refractivity contribution in [3.05, 3.63) is 35.9 Å². The third kappa shape index (κ3) is 0.0579. The average Bonchev–Trinajstić information content (AvgIpc) is 3.32. The molecule has 0 N–H and O–H groups in total. The molecule has 0 saturated carbocycles. The van der Waals surface area contributed by atoms with Crippen molar-refractivity contribution in [2.75, 3.05) is 0 Å². The van der Waals surface area contributed by atoms with E-state index >= 15 is 0 Å². The van der Waals surface area contributed by atoms with Gasteiger partial charge in [-0.05, 0) is 0 Å². The molecule has 0 aliphatic carbocycles. The molecule has 10 aliphatic rings. The van der Waals surface area contributed by atoms with Gasteiger partial charge in [0.2, 0.25) is 0 Å². The predicted molar refractivity (Wildman–Crippen MR) is 61.9 cm³/mol. The molecule has 0 bridgehead atoms. The molecule has 1 aromatic rings. The Labute approximate surface area is 89.8 Å². The second-order valence-corrected chi connectivity index (χ2v) is 39.4. The average molecular weight is 258 g/mol. The van der Waals surface area contributed by atoms with Crippen LogP contribution in [0.1, 0.15) is 5.56 Å². The zero-order valence-corrected chi connectivity index (χ0v) is 10.8. The van der Waals surface area contributed by atoms with Crippen LogP contribution in [0.4, 0.5) is 0 Å². The minimum atomic E-state index is -3.00. The van der Waals surface area contributed by atoms with E-state index in [1.165, 1.54) is 43.0 Å². The summed E-state index contributed by atoms with van der Waals surface area (Å²) in [7, 11) is 0. The van der Waals surface area contributed by atoms with Crippen molar-refractivity contribution >= 4 is 0 Å². The van der Waals surface area contributed by atoms with Crippen molar-refractivity contribution in [3.8, 4) is 0 Å². The Morgan fingerprint density at radius 3 is 1.59 bits per heavy atom. The van der Waals surface area contributed by atoms with E-state index in [1.54, 1.807) is 0 Å². The number of hydrogen-bond acceptors (Lipinski definition) is 0. The second kappa shape index (κ2) is 0.466. The Kier molecular flexibility index (Phi) is 0.159. The molecule has 0 amide bonds. The standard InChI is InChI=1S/C11H9.C5H5.Cr/c1-2-6-10(7-3-1)11-8-4-5-9-11;1-2-4-5-3-1;/h1-9H;1-5H;. The maximum absolute atomic E-state index is 3.00. The van der Waals surface area contributed by atoms with Crippen LogP contribution >= 0.6 is 0 Å². The van der Waals surface area contributed by atoms with Gasteiger partial charge >= 0.3 is 89.8 Å². The topological polar surface area (TPSA) is 0 Å². The molecule has 4 unspecified atom stereocenters. The molecule has 84 valence electrons. The summed E-state index contributed by atoms with van der Waals surface area (Å²) in [5.41, 5.74) is 1.89. The van der Waals surface area contributed by atoms with E-state index in [2.05, 4.69) is 30.3 Å². The van der Waals surface area contributed by atoms with Crippen molar-refractivity contribution in [2.24, 2.45) is 0 Å². The zero-order valence-electron chi connectivity index (χ0n) is 9.49. The van der Waals surface area contributed by atoms with E-state index in [4.69, 9.17) is 0 Å². The van der Waals surface area contributed by atoms with Gasteiger partial charge in [0.1, 0.15) is 0 Å². The third-order valence-corrected chi connectivity index (χ3v) is 66.9. The van der Waals surface area contributed by atoms with Gasteiger partial charge in [-0.15, -0.1) is 0 Å². The van der Waals surface area contributed by atoms with Crippen LogP contribution in [0.2, 0.25) is 43.0 Å². The van der Waals surface area contributed by atoms with Gasteiger partial charge in [0.25, 0.3) is 0 Å². The molecular weight excluding hydrogens is 244 g/mol. The fraction of sp³-hybridized carbons (Fsp3) is 0.625. The van der Waals surface area contributed by atoms with E-state index in [0.29, 0.717) is 0 Å². The molecule has 1 heteroatoms. The fourth-order valence-electron chi connectivity index (χ4n) is 20.5. The summed E-state index contributed by atoms with van der Waals surface area (Å²) in [6.45, 7) is -3.00. The Hall–Kier alpha value is -0.248. The van der Waals surface area contributed by atoms with E-state index in [9.17, 15) is 0 Å². The van der Waals surface area contributed by atoms with Gasteiger partial charge in [-0.2, -0.15) is 0 Å². The van der Waals surface area contributed by atoms with Gasteiger partial charge in [-0.25, -0.2) is 0 Å². The molecule has 0 radical (unpaired) electrons. The summed E-state index contributed by atoms with van der Waals surface area (Å²) in [4.78, 5) is 0. The van der Waals surface area contributed by atoms with Crippen LogP contribution in [-0.2, 0) is 10.9 Å². The van der Waals surface area contributed by atoms with Crippen LogP contribution in [0.25, 0.3) is 0 Å². The van der Waals surface area contributed by atoms with Crippen LogP contribution in [0, 0.1) is 0 Å². The number of rotatable bonds is 1. The van der Waals surface area contributed by atoms with Gasteiger partial charge in [-0.1, -0.05) is 0 Å². The molecule has 0 nitrogen and oxygen atoms in total. The molecule has 0 aromatic heterocycles. The molecule has 1 aromatic carbocycles. The first-order valence-corrected chi connectivity index (χ1v) is 15.0. The first-order valence-electron chi connectivity index (χ1n) is 7.73. The molecule has 10 fully saturated rings. The van der Waals surface area contributed by atoms with Gasteiger partial charge < -0.3 is 0 Å². The molecule has 11 rings (SSSR count). The van der Waals surface area contributed by atoms with Gasteiger partial charge in [0.05, 0.1) is 0 Å². The Morgan fingerprint density at radius 2 is 1.24 bits per heavy atom. The van der Waals surface area contributed by atoms with Crippen molar-refractivity contribution in [3.63, 3.8) is 0 Å². The summed E-state index contributed by atoms with van der Waals surface area (Å²) >= 11 is 0. The van der Waals surface area contributed by atoms with Crippen molar-refractivity contribution in [2.45, 2.75) is 47.3 Å². The maximum atomic E-state index is 2.55. The summed E-state index contributed by atoms with van der Waals surface area (Å²) in [5, 5.41) is 0. The molecule has 4 atom stereocenters. The summed E-state index contributed by atoms with van der Waals surface area (Å²) in [6, 6.07) is 12.0. The molecule has 10 aliphatic heterocycles. The molecule has 10 saturated heterocycles. The van der Waals surface area contributed by atoms with Crippen molar-refractivity contribution < 1.29 is 6.65 Å². The number of fused-ring (bicyclic) bond motifs is 10. The SMILES string of the molecule is c1ccc([C]23[CH]4[CH]5[CH]6[CH]2[Cr]56432789[CH]3[CH]2[CH]7[CH]8[CH]39)cc1. The van der Waals surface area contributed by atoms with Crippen LogP contribution < -0.4 is 0 Å². The summed E-state index contributed by atoms with van der Waals surface area (Å²) < 4.78 is 14.3. The van der Waals surface area contributed by atoms with Crippen LogP contribution in [0.3, 0.4) is 0 Å². The second-order valence-electron chi connectivity index (χ2n) is 12.2. The van der Waals surface area contributed by atoms with Crippen LogP contribution in [0.5, 0.6) is 0 Å². The predicted octanol–water partition coefficient (Wildman–Crippen LogP) is 4.48. The van der Waals surface area contributed by atoms with E-state index in [0.717, 1.165) is 4.28 Å². The summed E-state index contributed by atoms with van der Waals surface area (Å²) in [6.07, 6.45) is 0. The normalized spacial score (nSPS) is 119.